The first-order valence-corrected chi connectivity index (χ1v) is 13.1. The first-order valence-electron chi connectivity index (χ1n) is 12.1. The summed E-state index contributed by atoms with van der Waals surface area (Å²) in [6.07, 6.45) is 7.96. The molecule has 0 bridgehead atoms. The van der Waals surface area contributed by atoms with Crippen LogP contribution >= 0.6 is 11.8 Å². The molecule has 0 unspecified atom stereocenters. The van der Waals surface area contributed by atoms with Crippen molar-refractivity contribution in [1.82, 2.24) is 9.55 Å². The standard InChI is InChI=1S/C26H33N3O3S/c1-25(2)15-18(10-13-32-25)29-23(31)21-22(28-24(29)33-16-20(27)30)19-9-5-4-8-17(19)14-26(21)11-6-3-7-12-26/h4-5,8-9,18H,3,6-7,10-16H2,1-2H3,(H2,27,30)/t18-/m0/s1. The number of rotatable bonds is 4. The van der Waals surface area contributed by atoms with Crippen LogP contribution in [0.2, 0.25) is 0 Å². The Labute approximate surface area is 199 Å². The molecule has 2 aromatic rings. The lowest BCUT2D eigenvalue weighted by Gasteiger charge is -2.43. The van der Waals surface area contributed by atoms with Crippen molar-refractivity contribution in [1.29, 1.82) is 0 Å². The van der Waals surface area contributed by atoms with Gasteiger partial charge in [-0.05, 0) is 51.5 Å². The third-order valence-corrected chi connectivity index (χ3v) is 8.58. The number of carbonyl (C=O) groups is 1. The van der Waals surface area contributed by atoms with Gasteiger partial charge in [0, 0.05) is 23.6 Å². The summed E-state index contributed by atoms with van der Waals surface area (Å²) in [6, 6.07) is 8.35. The highest BCUT2D eigenvalue weighted by atomic mass is 32.2. The Morgan fingerprint density at radius 3 is 2.73 bits per heavy atom. The van der Waals surface area contributed by atoms with E-state index in [1.165, 1.54) is 23.7 Å². The summed E-state index contributed by atoms with van der Waals surface area (Å²) in [4.78, 5) is 31.2. The summed E-state index contributed by atoms with van der Waals surface area (Å²) in [6.45, 7) is 4.76. The van der Waals surface area contributed by atoms with E-state index >= 15 is 0 Å². The molecule has 2 aliphatic carbocycles. The number of amides is 1. The van der Waals surface area contributed by atoms with Crippen molar-refractivity contribution in [2.75, 3.05) is 12.4 Å². The summed E-state index contributed by atoms with van der Waals surface area (Å²) in [5.74, 6) is -0.306. The fourth-order valence-corrected chi connectivity index (χ4v) is 6.98. The van der Waals surface area contributed by atoms with Gasteiger partial charge in [-0.15, -0.1) is 0 Å². The summed E-state index contributed by atoms with van der Waals surface area (Å²) in [5, 5.41) is 0.600. The molecule has 2 fully saturated rings. The molecule has 176 valence electrons. The van der Waals surface area contributed by atoms with Gasteiger partial charge in [0.2, 0.25) is 5.91 Å². The number of thioether (sulfide) groups is 1. The number of hydrogen-bond acceptors (Lipinski definition) is 5. The molecule has 7 heteroatoms. The molecule has 1 aliphatic heterocycles. The molecule has 6 nitrogen and oxygen atoms in total. The maximum atomic E-state index is 14.4. The molecule has 2 N–H and O–H groups in total. The number of hydrogen-bond donors (Lipinski definition) is 1. The molecule has 1 spiro atoms. The normalized spacial score (nSPS) is 23.0. The van der Waals surface area contributed by atoms with Crippen LogP contribution in [0.5, 0.6) is 0 Å². The maximum absolute atomic E-state index is 14.4. The smallest absolute Gasteiger partial charge is 0.258 e. The van der Waals surface area contributed by atoms with Crippen LogP contribution in [0.3, 0.4) is 0 Å². The Balaban J connectivity index is 1.74. The Morgan fingerprint density at radius 2 is 2.00 bits per heavy atom. The quantitative estimate of drug-likeness (QED) is 0.533. The zero-order chi connectivity index (χ0) is 23.2. The van der Waals surface area contributed by atoms with Crippen molar-refractivity contribution in [2.24, 2.45) is 5.73 Å². The average Bonchev–Trinajstić information content (AvgIpc) is 2.77. The minimum absolute atomic E-state index is 0.00719. The third kappa shape index (κ3) is 4.14. The van der Waals surface area contributed by atoms with E-state index in [1.54, 1.807) is 0 Å². The molecule has 33 heavy (non-hydrogen) atoms. The fourth-order valence-electron chi connectivity index (χ4n) is 6.18. The molecular formula is C26H33N3O3S. The lowest BCUT2D eigenvalue weighted by Crippen LogP contribution is -2.46. The second-order valence-corrected chi connectivity index (χ2v) is 11.4. The molecule has 1 saturated carbocycles. The van der Waals surface area contributed by atoms with Crippen LogP contribution in [0, 0.1) is 0 Å². The van der Waals surface area contributed by atoms with E-state index in [4.69, 9.17) is 15.5 Å². The molecular weight excluding hydrogens is 434 g/mol. The summed E-state index contributed by atoms with van der Waals surface area (Å²) >= 11 is 1.28. The highest BCUT2D eigenvalue weighted by molar-refractivity contribution is 7.99. The van der Waals surface area contributed by atoms with Crippen molar-refractivity contribution in [3.8, 4) is 11.3 Å². The van der Waals surface area contributed by atoms with Gasteiger partial charge in [-0.25, -0.2) is 4.98 Å². The first kappa shape index (κ1) is 22.7. The monoisotopic (exact) mass is 467 g/mol. The topological polar surface area (TPSA) is 87.2 Å². The van der Waals surface area contributed by atoms with E-state index in [0.29, 0.717) is 11.8 Å². The molecule has 0 radical (unpaired) electrons. The first-order chi connectivity index (χ1) is 15.8. The Morgan fingerprint density at radius 1 is 1.24 bits per heavy atom. The van der Waals surface area contributed by atoms with E-state index in [9.17, 15) is 9.59 Å². The van der Waals surface area contributed by atoms with Crippen LogP contribution in [0.15, 0.2) is 34.2 Å². The van der Waals surface area contributed by atoms with Crippen LogP contribution in [-0.4, -0.2) is 33.4 Å². The Kier molecular flexibility index (Phi) is 5.90. The zero-order valence-electron chi connectivity index (χ0n) is 19.6. The molecule has 1 aromatic heterocycles. The predicted octanol–water partition coefficient (Wildman–Crippen LogP) is 4.38. The van der Waals surface area contributed by atoms with E-state index < -0.39 is 5.91 Å². The van der Waals surface area contributed by atoms with Crippen LogP contribution in [0.25, 0.3) is 11.3 Å². The predicted molar refractivity (Wildman–Crippen MR) is 131 cm³/mol. The minimum atomic E-state index is -0.407. The molecule has 1 saturated heterocycles. The number of nitrogens with zero attached hydrogens (tertiary/aromatic N) is 2. The number of primary amides is 1. The van der Waals surface area contributed by atoms with Crippen molar-refractivity contribution in [3.05, 3.63) is 45.7 Å². The number of ether oxygens (including phenoxy) is 1. The molecule has 5 rings (SSSR count). The number of aromatic nitrogens is 2. The lowest BCUT2D eigenvalue weighted by atomic mass is 9.62. The highest BCUT2D eigenvalue weighted by Gasteiger charge is 2.44. The summed E-state index contributed by atoms with van der Waals surface area (Å²) in [7, 11) is 0. The van der Waals surface area contributed by atoms with Gasteiger partial charge in [0.15, 0.2) is 5.16 Å². The van der Waals surface area contributed by atoms with Crippen molar-refractivity contribution in [3.63, 3.8) is 0 Å². The van der Waals surface area contributed by atoms with E-state index in [1.807, 2.05) is 10.6 Å². The van der Waals surface area contributed by atoms with Gasteiger partial charge in [-0.3, -0.25) is 14.2 Å². The van der Waals surface area contributed by atoms with E-state index in [0.717, 1.165) is 61.8 Å². The SMILES string of the molecule is CC1(C)C[C@@H](n2c(SCC(N)=O)nc3c(c2=O)C2(CCCCC2)Cc2ccccc2-3)CCO1. The number of nitrogens with two attached hydrogens (primary N) is 1. The van der Waals surface area contributed by atoms with E-state index in [2.05, 4.69) is 32.0 Å². The Hall–Kier alpha value is -2.12. The number of benzene rings is 1. The number of carbonyl (C=O) groups excluding carboxylic acids is 1. The van der Waals surface area contributed by atoms with Crippen molar-refractivity contribution < 1.29 is 9.53 Å². The zero-order valence-corrected chi connectivity index (χ0v) is 20.4. The Bertz CT molecular complexity index is 1130. The average molecular weight is 468 g/mol. The van der Waals surface area contributed by atoms with Crippen molar-refractivity contribution >= 4 is 17.7 Å². The minimum Gasteiger partial charge on any atom is -0.375 e. The van der Waals surface area contributed by atoms with Gasteiger partial charge in [-0.2, -0.15) is 0 Å². The highest BCUT2D eigenvalue weighted by Crippen LogP contribution is 2.49. The van der Waals surface area contributed by atoms with Gasteiger partial charge in [0.1, 0.15) is 0 Å². The largest absolute Gasteiger partial charge is 0.375 e. The molecule has 1 aromatic carbocycles. The molecule has 2 heterocycles. The van der Waals surface area contributed by atoms with Gasteiger partial charge in [0.05, 0.1) is 22.6 Å². The summed E-state index contributed by atoms with van der Waals surface area (Å²) in [5.41, 5.74) is 9.14. The number of fused-ring (bicyclic) bond motifs is 4. The van der Waals surface area contributed by atoms with Gasteiger partial charge in [-0.1, -0.05) is 55.3 Å². The fraction of sp³-hybridized carbons (Fsp3) is 0.577. The van der Waals surface area contributed by atoms with Crippen LogP contribution in [0.4, 0.5) is 0 Å². The molecule has 3 aliphatic rings. The van der Waals surface area contributed by atoms with Crippen LogP contribution in [0.1, 0.15) is 76.0 Å². The van der Waals surface area contributed by atoms with E-state index in [-0.39, 0.29) is 28.4 Å². The van der Waals surface area contributed by atoms with Crippen LogP contribution < -0.4 is 11.3 Å². The second-order valence-electron chi connectivity index (χ2n) is 10.5. The lowest BCUT2D eigenvalue weighted by molar-refractivity contribution is -0.115. The third-order valence-electron chi connectivity index (χ3n) is 7.61. The second kappa shape index (κ2) is 8.58. The van der Waals surface area contributed by atoms with Gasteiger partial charge >= 0.3 is 0 Å². The van der Waals surface area contributed by atoms with Crippen LogP contribution in [-0.2, 0) is 21.4 Å². The molecule has 1 amide bonds. The van der Waals surface area contributed by atoms with Gasteiger partial charge < -0.3 is 10.5 Å². The summed E-state index contributed by atoms with van der Waals surface area (Å²) < 4.78 is 7.84. The van der Waals surface area contributed by atoms with Gasteiger partial charge in [0.25, 0.3) is 5.56 Å². The molecule has 1 atom stereocenters. The maximum Gasteiger partial charge on any atom is 0.258 e. The van der Waals surface area contributed by atoms with Crippen molar-refractivity contribution in [2.45, 2.75) is 87.4 Å².